The number of furan rings is 1. The number of halogens is 3. The maximum atomic E-state index is 13.5. The number of fused-ring (bicyclic) bond motifs is 2. The van der Waals surface area contributed by atoms with Crippen LogP contribution < -0.4 is 10.3 Å². The fourth-order valence-corrected chi connectivity index (χ4v) is 5.60. The molecule has 0 atom stereocenters. The van der Waals surface area contributed by atoms with Crippen LogP contribution in [0, 0.1) is 10.1 Å². The molecule has 6 rings (SSSR count). The Labute approximate surface area is 252 Å². The van der Waals surface area contributed by atoms with E-state index in [1.807, 2.05) is 0 Å². The van der Waals surface area contributed by atoms with Crippen molar-refractivity contribution in [1.82, 2.24) is 14.6 Å². The molecular weight excluding hydrogens is 682 g/mol. The van der Waals surface area contributed by atoms with E-state index >= 15 is 0 Å². The molecule has 0 unspecified atom stereocenters. The molecule has 0 N–H and O–H groups in total. The van der Waals surface area contributed by atoms with Crippen molar-refractivity contribution in [2.24, 2.45) is 5.10 Å². The molecule has 6 aromatic rings. The highest BCUT2D eigenvalue weighted by Gasteiger charge is 2.17. The summed E-state index contributed by atoms with van der Waals surface area (Å²) in [5.74, 6) is 1.14. The van der Waals surface area contributed by atoms with Crippen LogP contribution in [-0.4, -0.2) is 25.8 Å². The van der Waals surface area contributed by atoms with Crippen LogP contribution in [0.1, 0.15) is 5.56 Å². The van der Waals surface area contributed by atoms with Gasteiger partial charge in [-0.3, -0.25) is 14.9 Å². The van der Waals surface area contributed by atoms with Gasteiger partial charge in [-0.1, -0.05) is 23.7 Å². The molecule has 202 valence electrons. The molecule has 0 aliphatic carbocycles. The predicted octanol–water partition coefficient (Wildman–Crippen LogP) is 7.97. The van der Waals surface area contributed by atoms with Crippen molar-refractivity contribution in [1.29, 1.82) is 0 Å². The van der Waals surface area contributed by atoms with E-state index in [1.54, 1.807) is 60.7 Å². The van der Waals surface area contributed by atoms with Gasteiger partial charge in [0.25, 0.3) is 11.2 Å². The third kappa shape index (κ3) is 5.36. The van der Waals surface area contributed by atoms with Gasteiger partial charge < -0.3 is 9.15 Å². The molecule has 3 aromatic carbocycles. The lowest BCUT2D eigenvalue weighted by molar-refractivity contribution is -0.385. The minimum atomic E-state index is -0.539. The molecule has 3 aromatic heterocycles. The van der Waals surface area contributed by atoms with E-state index in [9.17, 15) is 14.9 Å². The lowest BCUT2D eigenvalue weighted by Gasteiger charge is -2.10. The molecule has 0 fully saturated rings. The van der Waals surface area contributed by atoms with Gasteiger partial charge in [0.2, 0.25) is 11.7 Å². The topological polar surface area (TPSA) is 126 Å². The fraction of sp³-hybridized carbons (Fsp3) is 0. The van der Waals surface area contributed by atoms with Crippen LogP contribution in [0.25, 0.3) is 33.5 Å². The Morgan fingerprint density at radius 2 is 1.83 bits per heavy atom. The number of ether oxygens (including phenoxy) is 1. The molecule has 0 spiro atoms. The Bertz CT molecular complexity index is 2050. The maximum absolute atomic E-state index is 13.5. The van der Waals surface area contributed by atoms with E-state index in [2.05, 4.69) is 46.9 Å². The van der Waals surface area contributed by atoms with Gasteiger partial charge in [-0.15, -0.1) is 0 Å². The number of para-hydroxylation sites is 1. The molecule has 0 bridgehead atoms. The summed E-state index contributed by atoms with van der Waals surface area (Å²) in [7, 11) is 0. The first-order chi connectivity index (χ1) is 19.8. The first-order valence-electron chi connectivity index (χ1n) is 11.8. The quantitative estimate of drug-likeness (QED) is 0.0983. The number of hydrogen-bond donors (Lipinski definition) is 0. The van der Waals surface area contributed by atoms with Crippen molar-refractivity contribution >= 4 is 77.2 Å². The largest absolute Gasteiger partial charge is 0.453 e. The lowest BCUT2D eigenvalue weighted by Crippen LogP contribution is -2.20. The summed E-state index contributed by atoms with van der Waals surface area (Å²) in [6.45, 7) is 0. The van der Waals surface area contributed by atoms with Gasteiger partial charge in [0.15, 0.2) is 11.5 Å². The molecule has 41 heavy (non-hydrogen) atoms. The third-order valence-electron chi connectivity index (χ3n) is 5.93. The number of hydrogen-bond acceptors (Lipinski definition) is 8. The third-order valence-corrected chi connectivity index (χ3v) is 7.35. The lowest BCUT2D eigenvalue weighted by atomic mass is 10.2. The van der Waals surface area contributed by atoms with Crippen LogP contribution in [-0.2, 0) is 0 Å². The number of nitro groups is 1. The SMILES string of the molecule is O=c1c2ccccc2nc(-c2cc3cc(Cl)ccc3o2)n1N=Cc1cc(Br)c(Oc2ccc([N+](=O)[O-])cn2)c(Br)c1. The number of aromatic nitrogens is 3. The van der Waals surface area contributed by atoms with E-state index in [-0.39, 0.29) is 23.0 Å². The van der Waals surface area contributed by atoms with Gasteiger partial charge in [-0.05, 0) is 86.0 Å². The van der Waals surface area contributed by atoms with Crippen LogP contribution in [0.4, 0.5) is 5.69 Å². The molecule has 0 aliphatic rings. The summed E-state index contributed by atoms with van der Waals surface area (Å²) in [6, 6.07) is 20.2. The van der Waals surface area contributed by atoms with E-state index < -0.39 is 4.92 Å². The normalized spacial score (nSPS) is 11.5. The van der Waals surface area contributed by atoms with Gasteiger partial charge in [-0.2, -0.15) is 9.78 Å². The molecular formula is C28H14Br2ClN5O5. The van der Waals surface area contributed by atoms with Crippen molar-refractivity contribution in [3.63, 3.8) is 0 Å². The van der Waals surface area contributed by atoms with Crippen molar-refractivity contribution < 1.29 is 14.1 Å². The molecule has 0 aliphatic heterocycles. The summed E-state index contributed by atoms with van der Waals surface area (Å²) in [4.78, 5) is 32.5. The van der Waals surface area contributed by atoms with Crippen LogP contribution >= 0.6 is 43.5 Å². The minimum absolute atomic E-state index is 0.147. The van der Waals surface area contributed by atoms with E-state index in [1.165, 1.54) is 23.0 Å². The average molecular weight is 696 g/mol. The summed E-state index contributed by atoms with van der Waals surface area (Å²) >= 11 is 13.1. The second-order valence-corrected chi connectivity index (χ2v) is 10.8. The van der Waals surface area contributed by atoms with Gasteiger partial charge in [0, 0.05) is 22.5 Å². The predicted molar refractivity (Wildman–Crippen MR) is 162 cm³/mol. The molecule has 13 heteroatoms. The summed E-state index contributed by atoms with van der Waals surface area (Å²) in [5, 5.41) is 17.1. The van der Waals surface area contributed by atoms with E-state index in [4.69, 9.17) is 20.8 Å². The van der Waals surface area contributed by atoms with Gasteiger partial charge >= 0.3 is 0 Å². The first kappa shape index (κ1) is 26.8. The number of benzene rings is 3. The highest BCUT2D eigenvalue weighted by atomic mass is 79.9. The van der Waals surface area contributed by atoms with Gasteiger partial charge in [0.1, 0.15) is 11.8 Å². The van der Waals surface area contributed by atoms with Crippen molar-refractivity contribution in [3.05, 3.63) is 119 Å². The van der Waals surface area contributed by atoms with E-state index in [0.717, 1.165) is 11.6 Å². The number of rotatable bonds is 6. The first-order valence-corrected chi connectivity index (χ1v) is 13.8. The second-order valence-electron chi connectivity index (χ2n) is 8.63. The summed E-state index contributed by atoms with van der Waals surface area (Å²) in [6.07, 6.45) is 2.62. The monoisotopic (exact) mass is 693 g/mol. The molecule has 0 radical (unpaired) electrons. The van der Waals surface area contributed by atoms with Gasteiger partial charge in [0.05, 0.1) is 31.0 Å². The van der Waals surface area contributed by atoms with Crippen LogP contribution in [0.3, 0.4) is 0 Å². The van der Waals surface area contributed by atoms with Crippen molar-refractivity contribution in [3.8, 4) is 23.2 Å². The van der Waals surface area contributed by atoms with Crippen LogP contribution in [0.5, 0.6) is 11.6 Å². The Balaban J connectivity index is 1.39. The maximum Gasteiger partial charge on any atom is 0.287 e. The van der Waals surface area contributed by atoms with Crippen LogP contribution in [0.2, 0.25) is 5.02 Å². The van der Waals surface area contributed by atoms with Crippen LogP contribution in [0.15, 0.2) is 102 Å². The van der Waals surface area contributed by atoms with E-state index in [0.29, 0.717) is 47.5 Å². The highest BCUT2D eigenvalue weighted by Crippen LogP contribution is 2.37. The highest BCUT2D eigenvalue weighted by molar-refractivity contribution is 9.11. The Morgan fingerprint density at radius 3 is 2.56 bits per heavy atom. The molecule has 3 heterocycles. The fourth-order valence-electron chi connectivity index (χ4n) is 4.04. The number of pyridine rings is 1. The Hall–Kier alpha value is -4.39. The Kier molecular flexibility index (Phi) is 7.12. The molecule has 10 nitrogen and oxygen atoms in total. The summed E-state index contributed by atoms with van der Waals surface area (Å²) in [5.41, 5.74) is 1.20. The summed E-state index contributed by atoms with van der Waals surface area (Å²) < 4.78 is 14.1. The zero-order valence-corrected chi connectivity index (χ0v) is 24.4. The van der Waals surface area contributed by atoms with Gasteiger partial charge in [-0.25, -0.2) is 9.97 Å². The molecule has 0 saturated carbocycles. The smallest absolute Gasteiger partial charge is 0.287 e. The zero-order chi connectivity index (χ0) is 28.7. The molecule has 0 saturated heterocycles. The second kappa shape index (κ2) is 10.9. The van der Waals surface area contributed by atoms with Crippen molar-refractivity contribution in [2.45, 2.75) is 0 Å². The molecule has 0 amide bonds. The van der Waals surface area contributed by atoms with Crippen molar-refractivity contribution in [2.75, 3.05) is 0 Å². The minimum Gasteiger partial charge on any atom is -0.453 e. The average Bonchev–Trinajstić information content (AvgIpc) is 3.38. The standard InChI is InChI=1S/C28H14Br2ClN5O5/c29-20-9-15(10-21(30)26(20)41-25-8-6-18(14-32-25)36(38)39)13-33-35-27(34-22-4-2-1-3-19(22)28(35)37)24-12-16-11-17(31)5-7-23(16)40-24/h1-14H. The number of nitrogens with zero attached hydrogens (tertiary/aromatic N) is 5. The Morgan fingerprint density at radius 1 is 1.05 bits per heavy atom. The zero-order valence-electron chi connectivity index (χ0n) is 20.5.